The van der Waals surface area contributed by atoms with Crippen LogP contribution in [0.1, 0.15) is 5.56 Å². The number of phenols is 1. The van der Waals surface area contributed by atoms with Gasteiger partial charge in [0.1, 0.15) is 10.8 Å². The third-order valence-electron chi connectivity index (χ3n) is 5.17. The molecule has 1 aliphatic rings. The van der Waals surface area contributed by atoms with E-state index in [1.54, 1.807) is 6.07 Å². The van der Waals surface area contributed by atoms with E-state index >= 15 is 0 Å². The molecule has 1 aliphatic heterocycles. The second-order valence-electron chi connectivity index (χ2n) is 7.75. The number of thioether (sulfide) groups is 1. The second-order valence-corrected chi connectivity index (χ2v) is 9.55. The summed E-state index contributed by atoms with van der Waals surface area (Å²) in [6.45, 7) is 0. The minimum Gasteiger partial charge on any atom is -0.506 e. The average Bonchev–Trinajstić information content (AvgIpc) is 3.24. The molecule has 0 unspecified atom stereocenters. The van der Waals surface area contributed by atoms with E-state index in [1.165, 1.54) is 24.0 Å². The van der Waals surface area contributed by atoms with E-state index in [2.05, 4.69) is 10.2 Å². The molecule has 0 saturated carbocycles. The first kappa shape index (κ1) is 24.8. The minimum absolute atomic E-state index is 0.119. The largest absolute Gasteiger partial charge is 0.506 e. The van der Waals surface area contributed by atoms with Gasteiger partial charge in [-0.3, -0.25) is 4.90 Å². The van der Waals surface area contributed by atoms with Crippen molar-refractivity contribution in [2.75, 3.05) is 4.90 Å². The van der Waals surface area contributed by atoms with Gasteiger partial charge in [-0.05, 0) is 60.3 Å². The highest BCUT2D eigenvalue weighted by Gasteiger charge is 2.34. The number of halogens is 2. The van der Waals surface area contributed by atoms with Crippen molar-refractivity contribution in [3.63, 3.8) is 0 Å². The number of rotatable bonds is 5. The Morgan fingerprint density at radius 3 is 2.00 bits per heavy atom. The maximum atomic E-state index is 10.3. The van der Waals surface area contributed by atoms with Gasteiger partial charge in [0, 0.05) is 16.3 Å². The summed E-state index contributed by atoms with van der Waals surface area (Å²) < 4.78 is 0. The molecule has 0 aromatic heterocycles. The molecule has 0 atom stereocenters. The van der Waals surface area contributed by atoms with Crippen LogP contribution in [-0.2, 0) is 0 Å². The van der Waals surface area contributed by atoms with Crippen LogP contribution in [0.2, 0.25) is 10.0 Å². The fraction of sp³-hybridized carbons (Fsp3) is 0. The Morgan fingerprint density at radius 1 is 0.757 bits per heavy atom. The Bertz CT molecular complexity index is 1520. The van der Waals surface area contributed by atoms with Crippen molar-refractivity contribution in [1.29, 1.82) is 0 Å². The number of aliphatic imine (C=N–C) groups is 2. The van der Waals surface area contributed by atoms with Gasteiger partial charge in [-0.25, -0.2) is 9.98 Å². The smallest absolute Gasteiger partial charge is 0.202 e. The van der Waals surface area contributed by atoms with Crippen molar-refractivity contribution in [2.24, 2.45) is 20.2 Å². The molecule has 4 aromatic carbocycles. The molecule has 5 rings (SSSR count). The van der Waals surface area contributed by atoms with Crippen LogP contribution >= 0.6 is 35.0 Å². The molecule has 1 N–H and O–H groups in total. The van der Waals surface area contributed by atoms with Crippen LogP contribution in [0.3, 0.4) is 0 Å². The number of aromatic hydroxyl groups is 1. The van der Waals surface area contributed by atoms with E-state index in [1.807, 2.05) is 95.9 Å². The number of benzene rings is 4. The monoisotopic (exact) mass is 543 g/mol. The van der Waals surface area contributed by atoms with E-state index < -0.39 is 0 Å². The number of para-hydroxylation sites is 3. The lowest BCUT2D eigenvalue weighted by Crippen LogP contribution is -2.30. The SMILES string of the molecule is Oc1c(Cl)cc(Cl)cc1C=NN=C1SC(=Nc2ccccc2)C(=Nc2ccccc2)N1c1ccccc1. The van der Waals surface area contributed by atoms with Crippen molar-refractivity contribution in [2.45, 2.75) is 0 Å². The summed E-state index contributed by atoms with van der Waals surface area (Å²) in [5.41, 5.74) is 2.78. The zero-order chi connectivity index (χ0) is 25.6. The van der Waals surface area contributed by atoms with Gasteiger partial charge < -0.3 is 5.11 Å². The van der Waals surface area contributed by atoms with Gasteiger partial charge in [-0.15, -0.1) is 5.10 Å². The topological polar surface area (TPSA) is 72.9 Å². The molecule has 37 heavy (non-hydrogen) atoms. The number of phenolic OH excluding ortho intramolecular Hbond substituents is 1. The lowest BCUT2D eigenvalue weighted by atomic mass is 10.2. The molecule has 1 saturated heterocycles. The van der Waals surface area contributed by atoms with Crippen LogP contribution in [0.4, 0.5) is 17.1 Å². The molecule has 6 nitrogen and oxygen atoms in total. The molecule has 9 heteroatoms. The second kappa shape index (κ2) is 11.4. The molecule has 182 valence electrons. The normalized spacial score (nSPS) is 16.9. The standard InChI is InChI=1S/C28H19Cl2N5OS/c29-20-16-19(25(36)24(30)17-20)18-31-34-28-35(23-14-8-3-9-15-23)26(32-21-10-4-1-5-11-21)27(37-28)33-22-12-6-2-7-13-22/h1-18,36H. The van der Waals surface area contributed by atoms with E-state index in [-0.39, 0.29) is 10.8 Å². The minimum atomic E-state index is -0.119. The predicted octanol–water partition coefficient (Wildman–Crippen LogP) is 8.10. The van der Waals surface area contributed by atoms with Crippen LogP contribution in [0, 0.1) is 0 Å². The zero-order valence-corrected chi connectivity index (χ0v) is 21.6. The summed E-state index contributed by atoms with van der Waals surface area (Å²) in [5.74, 6) is 0.500. The summed E-state index contributed by atoms with van der Waals surface area (Å²) in [4.78, 5) is 11.7. The van der Waals surface area contributed by atoms with Crippen LogP contribution in [0.5, 0.6) is 5.75 Å². The Balaban J connectivity index is 1.62. The highest BCUT2D eigenvalue weighted by atomic mass is 35.5. The van der Waals surface area contributed by atoms with Gasteiger partial charge in [0.05, 0.1) is 22.6 Å². The first-order chi connectivity index (χ1) is 18.1. The first-order valence-electron chi connectivity index (χ1n) is 11.2. The molecule has 0 spiro atoms. The van der Waals surface area contributed by atoms with Crippen molar-refractivity contribution < 1.29 is 5.11 Å². The number of anilines is 1. The number of amidine groups is 2. The number of nitrogens with zero attached hydrogens (tertiary/aromatic N) is 5. The molecule has 1 heterocycles. The highest BCUT2D eigenvalue weighted by molar-refractivity contribution is 8.29. The van der Waals surface area contributed by atoms with Crippen LogP contribution in [0.15, 0.2) is 123 Å². The Kier molecular flexibility index (Phi) is 7.65. The molecule has 0 amide bonds. The maximum Gasteiger partial charge on any atom is 0.202 e. The van der Waals surface area contributed by atoms with Gasteiger partial charge in [-0.1, -0.05) is 77.8 Å². The molecular formula is C28H19Cl2N5OS. The average molecular weight is 544 g/mol. The van der Waals surface area contributed by atoms with Crippen LogP contribution in [0.25, 0.3) is 0 Å². The quantitative estimate of drug-likeness (QED) is 0.204. The van der Waals surface area contributed by atoms with Gasteiger partial charge in [0.2, 0.25) is 5.17 Å². The summed E-state index contributed by atoms with van der Waals surface area (Å²) in [6.07, 6.45) is 1.41. The molecule has 0 radical (unpaired) electrons. The summed E-state index contributed by atoms with van der Waals surface area (Å²) in [7, 11) is 0. The number of hydrogen-bond donors (Lipinski definition) is 1. The van der Waals surface area contributed by atoms with E-state index in [0.29, 0.717) is 26.6 Å². The Hall–Kier alpha value is -3.91. The lowest BCUT2D eigenvalue weighted by molar-refractivity contribution is 0.474. The Labute approximate surface area is 228 Å². The molecule has 0 bridgehead atoms. The van der Waals surface area contributed by atoms with Crippen molar-refractivity contribution in [1.82, 2.24) is 0 Å². The fourth-order valence-corrected chi connectivity index (χ4v) is 4.91. The molecule has 0 aliphatic carbocycles. The van der Waals surface area contributed by atoms with E-state index in [9.17, 15) is 5.11 Å². The third-order valence-corrected chi connectivity index (χ3v) is 6.59. The predicted molar refractivity (Wildman–Crippen MR) is 157 cm³/mol. The zero-order valence-electron chi connectivity index (χ0n) is 19.2. The van der Waals surface area contributed by atoms with Crippen LogP contribution in [-0.4, -0.2) is 27.4 Å². The molecular weight excluding hydrogens is 525 g/mol. The fourth-order valence-electron chi connectivity index (χ4n) is 3.48. The van der Waals surface area contributed by atoms with Gasteiger partial charge in [-0.2, -0.15) is 5.10 Å². The van der Waals surface area contributed by atoms with Crippen molar-refractivity contribution >= 4 is 74.3 Å². The van der Waals surface area contributed by atoms with E-state index in [0.717, 1.165) is 17.1 Å². The van der Waals surface area contributed by atoms with Crippen molar-refractivity contribution in [3.8, 4) is 5.75 Å². The third kappa shape index (κ3) is 5.91. The van der Waals surface area contributed by atoms with Crippen molar-refractivity contribution in [3.05, 3.63) is 119 Å². The van der Waals surface area contributed by atoms with Gasteiger partial charge >= 0.3 is 0 Å². The van der Waals surface area contributed by atoms with Gasteiger partial charge in [0.25, 0.3) is 0 Å². The summed E-state index contributed by atoms with van der Waals surface area (Å²) in [6, 6.07) is 32.1. The Morgan fingerprint density at radius 2 is 1.35 bits per heavy atom. The van der Waals surface area contributed by atoms with Crippen LogP contribution < -0.4 is 4.90 Å². The first-order valence-corrected chi connectivity index (χ1v) is 12.8. The number of hydrogen-bond acceptors (Lipinski definition) is 6. The highest BCUT2D eigenvalue weighted by Crippen LogP contribution is 2.33. The molecule has 1 fully saturated rings. The maximum absolute atomic E-state index is 10.3. The molecule has 4 aromatic rings. The van der Waals surface area contributed by atoms with Gasteiger partial charge in [0.15, 0.2) is 5.84 Å². The van der Waals surface area contributed by atoms with E-state index in [4.69, 9.17) is 33.2 Å². The summed E-state index contributed by atoms with van der Waals surface area (Å²) in [5, 5.41) is 20.7. The summed E-state index contributed by atoms with van der Waals surface area (Å²) >= 11 is 13.5. The lowest BCUT2D eigenvalue weighted by Gasteiger charge is -2.17.